The average molecular weight is 366 g/mol. The molecule has 0 aliphatic carbocycles. The summed E-state index contributed by atoms with van der Waals surface area (Å²) in [5, 5.41) is 4.03. The molecule has 1 aromatic carbocycles. The molecular formula is C16H18BrN2O3+. The van der Waals surface area contributed by atoms with Gasteiger partial charge in [-0.3, -0.25) is 0 Å². The summed E-state index contributed by atoms with van der Waals surface area (Å²) in [5.74, 6) is 0.448. The van der Waals surface area contributed by atoms with E-state index in [1.807, 2.05) is 36.5 Å². The molecule has 1 aliphatic heterocycles. The number of pyridine rings is 1. The van der Waals surface area contributed by atoms with Crippen LogP contribution in [0.3, 0.4) is 0 Å². The SMILES string of the molecule is CCOC(=O)[C@@H]1C[C@@H](Oc2nccc3ccc(Br)cc23)C[NH2+]1. The molecule has 1 aromatic heterocycles. The molecule has 0 radical (unpaired) electrons. The Kier molecular flexibility index (Phi) is 4.59. The van der Waals surface area contributed by atoms with Crippen LogP contribution in [0.5, 0.6) is 5.88 Å². The quantitative estimate of drug-likeness (QED) is 0.836. The van der Waals surface area contributed by atoms with E-state index in [1.165, 1.54) is 0 Å². The Balaban J connectivity index is 1.74. The molecule has 0 bridgehead atoms. The van der Waals surface area contributed by atoms with Gasteiger partial charge >= 0.3 is 5.97 Å². The Bertz CT molecular complexity index is 692. The van der Waals surface area contributed by atoms with Gasteiger partial charge in [-0.15, -0.1) is 0 Å². The second-order valence-electron chi connectivity index (χ2n) is 5.29. The normalized spacial score (nSPS) is 21.0. The van der Waals surface area contributed by atoms with Crippen molar-refractivity contribution in [2.45, 2.75) is 25.5 Å². The highest BCUT2D eigenvalue weighted by Crippen LogP contribution is 2.27. The maximum absolute atomic E-state index is 11.8. The van der Waals surface area contributed by atoms with Crippen molar-refractivity contribution >= 4 is 32.7 Å². The topological polar surface area (TPSA) is 65.0 Å². The molecule has 22 heavy (non-hydrogen) atoms. The minimum atomic E-state index is -0.174. The molecule has 2 atom stereocenters. The number of nitrogens with two attached hydrogens (primary N) is 1. The first kappa shape index (κ1) is 15.2. The zero-order chi connectivity index (χ0) is 15.5. The van der Waals surface area contributed by atoms with E-state index >= 15 is 0 Å². The molecule has 2 N–H and O–H groups in total. The summed E-state index contributed by atoms with van der Waals surface area (Å²) in [4.78, 5) is 16.1. The lowest BCUT2D eigenvalue weighted by Gasteiger charge is -2.12. The smallest absolute Gasteiger partial charge is 0.364 e. The number of carbonyl (C=O) groups is 1. The largest absolute Gasteiger partial charge is 0.468 e. The summed E-state index contributed by atoms with van der Waals surface area (Å²) in [5.41, 5.74) is 0. The summed E-state index contributed by atoms with van der Waals surface area (Å²) >= 11 is 3.47. The van der Waals surface area contributed by atoms with Crippen molar-refractivity contribution in [3.8, 4) is 5.88 Å². The van der Waals surface area contributed by atoms with Crippen LogP contribution < -0.4 is 10.1 Å². The van der Waals surface area contributed by atoms with Gasteiger partial charge in [-0.2, -0.15) is 0 Å². The maximum atomic E-state index is 11.8. The van der Waals surface area contributed by atoms with Crippen molar-refractivity contribution in [1.82, 2.24) is 4.98 Å². The highest BCUT2D eigenvalue weighted by Gasteiger charge is 2.36. The number of carbonyl (C=O) groups excluding carboxylic acids is 1. The molecule has 5 nitrogen and oxygen atoms in total. The van der Waals surface area contributed by atoms with Gasteiger partial charge in [-0.05, 0) is 30.5 Å². The molecule has 0 spiro atoms. The Morgan fingerprint density at radius 1 is 1.45 bits per heavy atom. The standard InChI is InChI=1S/C16H17BrN2O3/c1-2-21-16(20)14-8-12(9-19-14)22-15-13-7-11(17)4-3-10(13)5-6-18-15/h3-7,12,14,19H,2,8-9H2,1H3/p+1/t12-,14+/m1/s1. The van der Waals surface area contributed by atoms with E-state index in [9.17, 15) is 4.79 Å². The second-order valence-corrected chi connectivity index (χ2v) is 6.20. The zero-order valence-electron chi connectivity index (χ0n) is 12.3. The van der Waals surface area contributed by atoms with Crippen LogP contribution in [0, 0.1) is 0 Å². The summed E-state index contributed by atoms with van der Waals surface area (Å²) in [7, 11) is 0. The number of hydrogen-bond donors (Lipinski definition) is 1. The van der Waals surface area contributed by atoms with E-state index in [1.54, 1.807) is 6.20 Å². The molecule has 3 rings (SSSR count). The van der Waals surface area contributed by atoms with E-state index in [4.69, 9.17) is 9.47 Å². The lowest BCUT2D eigenvalue weighted by atomic mass is 10.1. The lowest BCUT2D eigenvalue weighted by Crippen LogP contribution is -2.89. The Hall–Kier alpha value is -1.66. The highest BCUT2D eigenvalue weighted by atomic mass is 79.9. The van der Waals surface area contributed by atoms with Crippen molar-refractivity contribution in [1.29, 1.82) is 0 Å². The monoisotopic (exact) mass is 365 g/mol. The number of halogens is 1. The molecule has 0 amide bonds. The molecule has 1 fully saturated rings. The van der Waals surface area contributed by atoms with Gasteiger partial charge < -0.3 is 14.8 Å². The summed E-state index contributed by atoms with van der Waals surface area (Å²) in [6, 6.07) is 7.80. The molecule has 6 heteroatoms. The number of rotatable bonds is 4. The van der Waals surface area contributed by atoms with Gasteiger partial charge in [0.25, 0.3) is 0 Å². The molecule has 0 unspecified atom stereocenters. The first-order valence-corrected chi connectivity index (χ1v) is 8.17. The number of benzene rings is 1. The zero-order valence-corrected chi connectivity index (χ0v) is 13.9. The fourth-order valence-corrected chi connectivity index (χ4v) is 3.06. The van der Waals surface area contributed by atoms with Crippen molar-refractivity contribution < 1.29 is 19.6 Å². The first-order chi connectivity index (χ1) is 10.7. The van der Waals surface area contributed by atoms with Crippen LogP contribution in [0.4, 0.5) is 0 Å². The van der Waals surface area contributed by atoms with Gasteiger partial charge in [0, 0.05) is 16.1 Å². The van der Waals surface area contributed by atoms with Gasteiger partial charge in [0.2, 0.25) is 5.88 Å². The highest BCUT2D eigenvalue weighted by molar-refractivity contribution is 9.10. The number of fused-ring (bicyclic) bond motifs is 1. The number of aromatic nitrogens is 1. The third-order valence-electron chi connectivity index (χ3n) is 3.76. The molecule has 2 heterocycles. The van der Waals surface area contributed by atoms with Gasteiger partial charge in [0.05, 0.1) is 13.0 Å². The average Bonchev–Trinajstić information content (AvgIpc) is 2.97. The Labute approximate surface area is 137 Å². The van der Waals surface area contributed by atoms with Gasteiger partial charge in [0.1, 0.15) is 6.54 Å². The molecule has 116 valence electrons. The fraction of sp³-hybridized carbons (Fsp3) is 0.375. The molecular weight excluding hydrogens is 348 g/mol. The van der Waals surface area contributed by atoms with E-state index in [-0.39, 0.29) is 18.1 Å². The minimum absolute atomic E-state index is 0.0357. The predicted octanol–water partition coefficient (Wildman–Crippen LogP) is 1.64. The molecule has 0 saturated carbocycles. The van der Waals surface area contributed by atoms with Gasteiger partial charge in [0.15, 0.2) is 12.1 Å². The van der Waals surface area contributed by atoms with Crippen molar-refractivity contribution in [3.63, 3.8) is 0 Å². The first-order valence-electron chi connectivity index (χ1n) is 7.38. The van der Waals surface area contributed by atoms with Crippen molar-refractivity contribution in [3.05, 3.63) is 34.9 Å². The molecule has 1 aliphatic rings. The van der Waals surface area contributed by atoms with Crippen LogP contribution in [0.2, 0.25) is 0 Å². The fourth-order valence-electron chi connectivity index (χ4n) is 2.70. The van der Waals surface area contributed by atoms with Crippen LogP contribution in [0.15, 0.2) is 34.9 Å². The third kappa shape index (κ3) is 3.23. The Morgan fingerprint density at radius 2 is 2.32 bits per heavy atom. The number of quaternary nitrogens is 1. The van der Waals surface area contributed by atoms with Crippen LogP contribution in [0.25, 0.3) is 10.8 Å². The van der Waals surface area contributed by atoms with Crippen molar-refractivity contribution in [2.24, 2.45) is 0 Å². The number of esters is 1. The van der Waals surface area contributed by atoms with E-state index in [2.05, 4.69) is 20.9 Å². The van der Waals surface area contributed by atoms with Crippen LogP contribution in [-0.4, -0.2) is 36.3 Å². The summed E-state index contributed by atoms with van der Waals surface area (Å²) < 4.78 is 12.1. The van der Waals surface area contributed by atoms with Crippen molar-refractivity contribution in [2.75, 3.05) is 13.2 Å². The third-order valence-corrected chi connectivity index (χ3v) is 4.25. The number of nitrogens with zero attached hydrogens (tertiary/aromatic N) is 1. The van der Waals surface area contributed by atoms with E-state index in [0.717, 1.165) is 21.8 Å². The molecule has 1 saturated heterocycles. The van der Waals surface area contributed by atoms with Gasteiger partial charge in [-0.25, -0.2) is 9.78 Å². The van der Waals surface area contributed by atoms with Crippen LogP contribution in [-0.2, 0) is 9.53 Å². The Morgan fingerprint density at radius 3 is 3.14 bits per heavy atom. The van der Waals surface area contributed by atoms with E-state index < -0.39 is 0 Å². The second kappa shape index (κ2) is 6.62. The molecule has 2 aromatic rings. The maximum Gasteiger partial charge on any atom is 0.364 e. The van der Waals surface area contributed by atoms with Crippen LogP contribution in [0.1, 0.15) is 13.3 Å². The number of hydrogen-bond acceptors (Lipinski definition) is 4. The minimum Gasteiger partial charge on any atom is -0.468 e. The predicted molar refractivity (Wildman–Crippen MR) is 85.7 cm³/mol. The summed E-state index contributed by atoms with van der Waals surface area (Å²) in [6.45, 7) is 2.96. The summed E-state index contributed by atoms with van der Waals surface area (Å²) in [6.07, 6.45) is 2.35. The lowest BCUT2D eigenvalue weighted by molar-refractivity contribution is -0.660. The van der Waals surface area contributed by atoms with Crippen LogP contribution >= 0.6 is 15.9 Å². The number of ether oxygens (including phenoxy) is 2. The van der Waals surface area contributed by atoms with E-state index in [0.29, 0.717) is 18.9 Å². The van der Waals surface area contributed by atoms with Gasteiger partial charge in [-0.1, -0.05) is 22.0 Å².